The highest BCUT2D eigenvalue weighted by molar-refractivity contribution is 9.10. The van der Waals surface area contributed by atoms with E-state index in [2.05, 4.69) is 33.5 Å². The van der Waals surface area contributed by atoms with E-state index in [9.17, 15) is 4.79 Å². The Morgan fingerprint density at radius 1 is 1.12 bits per heavy atom. The van der Waals surface area contributed by atoms with Crippen molar-refractivity contribution in [1.29, 1.82) is 0 Å². The van der Waals surface area contributed by atoms with Crippen LogP contribution in [-0.2, 0) is 11.4 Å². The second-order valence-electron chi connectivity index (χ2n) is 9.71. The Bertz CT molecular complexity index is 1570. The second kappa shape index (κ2) is 12.8. The number of halogens is 1. The molecule has 1 amide bonds. The van der Waals surface area contributed by atoms with Crippen molar-refractivity contribution in [2.75, 3.05) is 23.5 Å². The third-order valence-electron chi connectivity index (χ3n) is 6.62. The summed E-state index contributed by atoms with van der Waals surface area (Å²) in [5.41, 5.74) is 4.90. The minimum atomic E-state index is -0.562. The maximum atomic E-state index is 13.9. The minimum Gasteiger partial charge on any atom is -0.493 e. The smallest absolute Gasteiger partial charge is 0.255 e. The summed E-state index contributed by atoms with van der Waals surface area (Å²) >= 11 is 5.29. The number of aryl methyl sites for hydroxylation is 1. The highest BCUT2D eigenvalue weighted by Crippen LogP contribution is 2.43. The molecule has 2 heterocycles. The summed E-state index contributed by atoms with van der Waals surface area (Å²) in [6.07, 6.45) is 1.00. The van der Waals surface area contributed by atoms with E-state index in [1.54, 1.807) is 23.6 Å². The standard InChI is InChI=1S/C31H32BrN5O3S/c1-5-15-41-31-35-30-33-20(3)26(29(38)34-23-13-11-19(2)12-14-23)27(37(30)36-31)22-16-24(32)28(25(17-22)39-4)40-18-21-9-7-6-8-10-21/h6-14,16-17,27H,5,15,18H2,1-4H3,(H,34,38)(H,33,35,36). The van der Waals surface area contributed by atoms with Crippen LogP contribution in [0.1, 0.15) is 43.0 Å². The molecule has 1 aromatic heterocycles. The largest absolute Gasteiger partial charge is 0.493 e. The van der Waals surface area contributed by atoms with Crippen molar-refractivity contribution in [2.45, 2.75) is 45.0 Å². The lowest BCUT2D eigenvalue weighted by atomic mass is 9.94. The first-order valence-corrected chi connectivity index (χ1v) is 15.1. The van der Waals surface area contributed by atoms with Gasteiger partial charge in [-0.3, -0.25) is 4.79 Å². The fourth-order valence-corrected chi connectivity index (χ4v) is 5.85. The number of fused-ring (bicyclic) bond motifs is 1. The van der Waals surface area contributed by atoms with E-state index in [0.29, 0.717) is 50.6 Å². The number of methoxy groups -OCH3 is 1. The summed E-state index contributed by atoms with van der Waals surface area (Å²) in [6, 6.07) is 21.0. The number of aromatic nitrogens is 3. The quantitative estimate of drug-likeness (QED) is 0.176. The zero-order chi connectivity index (χ0) is 28.9. The number of nitrogens with one attached hydrogen (secondary N) is 2. The molecule has 212 valence electrons. The molecule has 3 aromatic carbocycles. The SMILES string of the molecule is CCCSc1nc2n(n1)C(c1cc(Br)c(OCc3ccccc3)c(OC)c1)C(C(=O)Nc1ccc(C)cc1)=C(C)N2. The van der Waals surface area contributed by atoms with Gasteiger partial charge in [-0.05, 0) is 71.6 Å². The lowest BCUT2D eigenvalue weighted by Crippen LogP contribution is -2.31. The summed E-state index contributed by atoms with van der Waals surface area (Å²) in [7, 11) is 1.61. The predicted molar refractivity (Wildman–Crippen MR) is 167 cm³/mol. The van der Waals surface area contributed by atoms with E-state index >= 15 is 0 Å². The second-order valence-corrected chi connectivity index (χ2v) is 11.6. The number of benzene rings is 3. The number of amides is 1. The first kappa shape index (κ1) is 28.8. The van der Waals surface area contributed by atoms with Crippen molar-refractivity contribution < 1.29 is 14.3 Å². The summed E-state index contributed by atoms with van der Waals surface area (Å²) in [6.45, 7) is 6.40. The number of nitrogens with zero attached hydrogens (tertiary/aromatic N) is 3. The number of hydrogen-bond donors (Lipinski definition) is 2. The Hall–Kier alpha value is -3.76. The van der Waals surface area contributed by atoms with Crippen LogP contribution < -0.4 is 20.1 Å². The van der Waals surface area contributed by atoms with E-state index in [0.717, 1.165) is 28.9 Å². The van der Waals surface area contributed by atoms with Crippen LogP contribution in [0.4, 0.5) is 11.6 Å². The summed E-state index contributed by atoms with van der Waals surface area (Å²) in [5.74, 6) is 2.37. The van der Waals surface area contributed by atoms with E-state index in [4.69, 9.17) is 19.6 Å². The van der Waals surface area contributed by atoms with E-state index in [-0.39, 0.29) is 5.91 Å². The molecule has 41 heavy (non-hydrogen) atoms. The van der Waals surface area contributed by atoms with Crippen LogP contribution in [0, 0.1) is 6.92 Å². The van der Waals surface area contributed by atoms with Crippen LogP contribution in [0.5, 0.6) is 11.5 Å². The molecular formula is C31H32BrN5O3S. The Morgan fingerprint density at radius 3 is 2.59 bits per heavy atom. The van der Waals surface area contributed by atoms with Crippen LogP contribution >= 0.6 is 27.7 Å². The Kier molecular flexibility index (Phi) is 8.99. The number of anilines is 2. The van der Waals surface area contributed by atoms with Gasteiger partial charge in [0.25, 0.3) is 5.91 Å². The van der Waals surface area contributed by atoms with Crippen molar-refractivity contribution in [3.8, 4) is 11.5 Å². The summed E-state index contributed by atoms with van der Waals surface area (Å²) in [4.78, 5) is 18.6. The third kappa shape index (κ3) is 6.44. The molecular weight excluding hydrogens is 602 g/mol. The average molecular weight is 635 g/mol. The van der Waals surface area contributed by atoms with Gasteiger partial charge in [-0.2, -0.15) is 4.98 Å². The van der Waals surface area contributed by atoms with Crippen LogP contribution in [0.3, 0.4) is 0 Å². The van der Waals surface area contributed by atoms with Crippen molar-refractivity contribution in [2.24, 2.45) is 0 Å². The lowest BCUT2D eigenvalue weighted by Gasteiger charge is -2.29. The van der Waals surface area contributed by atoms with Gasteiger partial charge in [0.15, 0.2) is 11.5 Å². The van der Waals surface area contributed by atoms with Gasteiger partial charge in [0.2, 0.25) is 11.1 Å². The highest BCUT2D eigenvalue weighted by atomic mass is 79.9. The number of allylic oxidation sites excluding steroid dienone is 1. The molecule has 0 aliphatic carbocycles. The maximum absolute atomic E-state index is 13.9. The van der Waals surface area contributed by atoms with Gasteiger partial charge in [0.1, 0.15) is 12.6 Å². The number of carbonyl (C=O) groups excluding carboxylic acids is 1. The number of hydrogen-bond acceptors (Lipinski definition) is 7. The lowest BCUT2D eigenvalue weighted by molar-refractivity contribution is -0.113. The van der Waals surface area contributed by atoms with Crippen molar-refractivity contribution >= 4 is 45.2 Å². The van der Waals surface area contributed by atoms with E-state index in [1.165, 1.54) is 0 Å². The first-order chi connectivity index (χ1) is 19.9. The topological polar surface area (TPSA) is 90.3 Å². The fraction of sp³-hybridized carbons (Fsp3) is 0.258. The molecule has 2 N–H and O–H groups in total. The van der Waals surface area contributed by atoms with Gasteiger partial charge in [-0.1, -0.05) is 66.7 Å². The fourth-order valence-electron chi connectivity index (χ4n) is 4.59. The van der Waals surface area contributed by atoms with Gasteiger partial charge in [-0.25, -0.2) is 4.68 Å². The number of rotatable bonds is 10. The minimum absolute atomic E-state index is 0.229. The molecule has 1 unspecified atom stereocenters. The number of carbonyl (C=O) groups is 1. The van der Waals surface area contributed by atoms with Gasteiger partial charge < -0.3 is 20.1 Å². The molecule has 1 aliphatic rings. The Labute approximate surface area is 252 Å². The van der Waals surface area contributed by atoms with Gasteiger partial charge in [0.05, 0.1) is 17.2 Å². The molecule has 0 radical (unpaired) electrons. The predicted octanol–water partition coefficient (Wildman–Crippen LogP) is 7.37. The molecule has 0 fully saturated rings. The van der Waals surface area contributed by atoms with Crippen LogP contribution in [0.25, 0.3) is 0 Å². The van der Waals surface area contributed by atoms with Crippen molar-refractivity contribution in [3.63, 3.8) is 0 Å². The molecule has 0 spiro atoms. The van der Waals surface area contributed by atoms with Gasteiger partial charge in [-0.15, -0.1) is 5.10 Å². The Morgan fingerprint density at radius 2 is 1.88 bits per heavy atom. The van der Waals surface area contributed by atoms with Crippen LogP contribution in [0.15, 0.2) is 87.6 Å². The van der Waals surface area contributed by atoms with Crippen molar-refractivity contribution in [1.82, 2.24) is 14.8 Å². The monoisotopic (exact) mass is 633 g/mol. The molecule has 10 heteroatoms. The number of thioether (sulfide) groups is 1. The van der Waals surface area contributed by atoms with E-state index in [1.807, 2.05) is 80.6 Å². The zero-order valence-corrected chi connectivity index (χ0v) is 25.8. The molecule has 1 aliphatic heterocycles. The maximum Gasteiger partial charge on any atom is 0.255 e. The van der Waals surface area contributed by atoms with Gasteiger partial charge >= 0.3 is 0 Å². The molecule has 0 saturated heterocycles. The molecule has 8 nitrogen and oxygen atoms in total. The molecule has 1 atom stereocenters. The normalized spacial score (nSPS) is 14.3. The molecule has 0 saturated carbocycles. The van der Waals surface area contributed by atoms with Crippen LogP contribution in [-0.4, -0.2) is 33.5 Å². The van der Waals surface area contributed by atoms with Crippen molar-refractivity contribution in [3.05, 3.63) is 99.2 Å². The van der Waals surface area contributed by atoms with Gasteiger partial charge in [0, 0.05) is 17.1 Å². The molecule has 4 aromatic rings. The third-order valence-corrected chi connectivity index (χ3v) is 8.25. The van der Waals surface area contributed by atoms with E-state index < -0.39 is 6.04 Å². The zero-order valence-electron chi connectivity index (χ0n) is 23.4. The summed E-state index contributed by atoms with van der Waals surface area (Å²) < 4.78 is 14.4. The highest BCUT2D eigenvalue weighted by Gasteiger charge is 2.35. The summed E-state index contributed by atoms with van der Waals surface area (Å²) in [5, 5.41) is 11.8. The average Bonchev–Trinajstić information content (AvgIpc) is 3.38. The Balaban J connectivity index is 1.55. The molecule has 5 rings (SSSR count). The molecule has 0 bridgehead atoms. The first-order valence-electron chi connectivity index (χ1n) is 13.4. The van der Waals surface area contributed by atoms with Crippen LogP contribution in [0.2, 0.25) is 0 Å². The number of ether oxygens (including phenoxy) is 2.